The summed E-state index contributed by atoms with van der Waals surface area (Å²) in [7, 11) is 0. The lowest BCUT2D eigenvalue weighted by Gasteiger charge is -2.21. The Kier molecular flexibility index (Phi) is 7.34. The summed E-state index contributed by atoms with van der Waals surface area (Å²) in [6, 6.07) is 8.48. The van der Waals surface area contributed by atoms with Gasteiger partial charge in [0.25, 0.3) is 0 Å². The Morgan fingerprint density at radius 1 is 1.35 bits per heavy atom. The van der Waals surface area contributed by atoms with Crippen LogP contribution in [0.3, 0.4) is 0 Å². The van der Waals surface area contributed by atoms with Crippen molar-refractivity contribution in [1.29, 1.82) is 5.26 Å². The first-order valence-electron chi connectivity index (χ1n) is 10.6. The van der Waals surface area contributed by atoms with Crippen LogP contribution in [0, 0.1) is 29.1 Å². The Bertz CT molecular complexity index is 1020. The third-order valence-electron chi connectivity index (χ3n) is 5.62. The molecule has 2 heterocycles. The number of hydrogen-bond acceptors (Lipinski definition) is 4. The van der Waals surface area contributed by atoms with E-state index in [0.717, 1.165) is 5.39 Å². The number of ketones is 1. The first-order chi connectivity index (χ1) is 14.8. The Balaban J connectivity index is 1.70. The maximum atomic E-state index is 13.0. The van der Waals surface area contributed by atoms with E-state index in [1.165, 1.54) is 0 Å². The number of H-pyrrole nitrogens is 1. The maximum absolute atomic E-state index is 13.0. The molecule has 1 aliphatic heterocycles. The zero-order chi connectivity index (χ0) is 22.5. The summed E-state index contributed by atoms with van der Waals surface area (Å²) in [5.41, 5.74) is 1.10. The summed E-state index contributed by atoms with van der Waals surface area (Å²) < 4.78 is 0. The van der Waals surface area contributed by atoms with Crippen LogP contribution in [0.2, 0.25) is 5.02 Å². The van der Waals surface area contributed by atoms with E-state index < -0.39 is 12.0 Å². The number of aromatic nitrogens is 1. The molecule has 8 heteroatoms. The molecule has 1 aliphatic rings. The largest absolute Gasteiger partial charge is 0.356 e. The molecule has 3 rings (SSSR count). The van der Waals surface area contributed by atoms with Gasteiger partial charge in [-0.2, -0.15) is 5.26 Å². The van der Waals surface area contributed by atoms with Crippen LogP contribution in [0.25, 0.3) is 10.9 Å². The molecule has 2 aromatic rings. The molecule has 0 bridgehead atoms. The van der Waals surface area contributed by atoms with Crippen LogP contribution in [-0.4, -0.2) is 35.2 Å². The summed E-state index contributed by atoms with van der Waals surface area (Å²) in [5, 5.41) is 16.3. The lowest BCUT2D eigenvalue weighted by molar-refractivity contribution is -0.127. The zero-order valence-corrected chi connectivity index (χ0v) is 18.5. The molecule has 164 valence electrons. The van der Waals surface area contributed by atoms with Crippen molar-refractivity contribution >= 4 is 40.1 Å². The van der Waals surface area contributed by atoms with Crippen LogP contribution in [0.15, 0.2) is 24.3 Å². The van der Waals surface area contributed by atoms with Crippen LogP contribution in [-0.2, 0) is 9.59 Å². The topological polar surface area (TPSA) is 115 Å². The molecule has 0 unspecified atom stereocenters. The SMILES string of the molecule is CC(C)C[C@H](CC(=O)c1cc2cccc(Cl)c2[nH]1)C(=O)N[C@H](C#N)C[C@@H]1CCNC1=O. The van der Waals surface area contributed by atoms with Crippen LogP contribution < -0.4 is 10.6 Å². The molecule has 0 saturated carbocycles. The van der Waals surface area contributed by atoms with Gasteiger partial charge in [-0.15, -0.1) is 0 Å². The van der Waals surface area contributed by atoms with Gasteiger partial charge >= 0.3 is 0 Å². The summed E-state index contributed by atoms with van der Waals surface area (Å²) in [6.07, 6.45) is 1.47. The first kappa shape index (κ1) is 22.8. The highest BCUT2D eigenvalue weighted by molar-refractivity contribution is 6.35. The minimum Gasteiger partial charge on any atom is -0.356 e. The number of nitrogens with one attached hydrogen (secondary N) is 3. The Labute approximate surface area is 186 Å². The van der Waals surface area contributed by atoms with E-state index in [4.69, 9.17) is 11.6 Å². The number of benzene rings is 1. The number of hydrogen-bond donors (Lipinski definition) is 3. The van der Waals surface area contributed by atoms with Gasteiger partial charge in [0, 0.05) is 30.2 Å². The van der Waals surface area contributed by atoms with E-state index >= 15 is 0 Å². The smallest absolute Gasteiger partial charge is 0.224 e. The second-order valence-corrected chi connectivity index (χ2v) is 8.95. The highest BCUT2D eigenvalue weighted by atomic mass is 35.5. The second-order valence-electron chi connectivity index (χ2n) is 8.54. The third-order valence-corrected chi connectivity index (χ3v) is 5.93. The molecule has 7 nitrogen and oxygen atoms in total. The van der Waals surface area contributed by atoms with E-state index in [-0.39, 0.29) is 42.3 Å². The first-order valence-corrected chi connectivity index (χ1v) is 10.9. The molecular formula is C23H27ClN4O3. The fourth-order valence-electron chi connectivity index (χ4n) is 4.04. The number of aromatic amines is 1. The van der Waals surface area contributed by atoms with E-state index in [1.807, 2.05) is 26.0 Å². The van der Waals surface area contributed by atoms with Gasteiger partial charge in [0.1, 0.15) is 6.04 Å². The molecule has 1 aromatic carbocycles. The van der Waals surface area contributed by atoms with Gasteiger partial charge in [-0.1, -0.05) is 37.6 Å². The predicted octanol–water partition coefficient (Wildman–Crippen LogP) is 3.59. The van der Waals surface area contributed by atoms with Gasteiger partial charge in [0.05, 0.1) is 22.3 Å². The van der Waals surface area contributed by atoms with Crippen molar-refractivity contribution in [2.24, 2.45) is 17.8 Å². The van der Waals surface area contributed by atoms with E-state index in [0.29, 0.717) is 35.6 Å². The van der Waals surface area contributed by atoms with Crippen molar-refractivity contribution in [3.63, 3.8) is 0 Å². The second kappa shape index (κ2) is 9.97. The van der Waals surface area contributed by atoms with Crippen LogP contribution in [0.1, 0.15) is 50.0 Å². The zero-order valence-electron chi connectivity index (χ0n) is 17.7. The number of halogens is 1. The van der Waals surface area contributed by atoms with Crippen molar-refractivity contribution < 1.29 is 14.4 Å². The van der Waals surface area contributed by atoms with Crippen molar-refractivity contribution in [1.82, 2.24) is 15.6 Å². The number of para-hydroxylation sites is 1. The lowest BCUT2D eigenvalue weighted by Crippen LogP contribution is -2.41. The van der Waals surface area contributed by atoms with E-state index in [2.05, 4.69) is 21.7 Å². The molecule has 0 spiro atoms. The summed E-state index contributed by atoms with van der Waals surface area (Å²) in [5.74, 6) is -1.24. The Hall–Kier alpha value is -2.85. The summed E-state index contributed by atoms with van der Waals surface area (Å²) in [6.45, 7) is 4.56. The van der Waals surface area contributed by atoms with E-state index in [1.54, 1.807) is 12.1 Å². The van der Waals surface area contributed by atoms with Gasteiger partial charge in [0.2, 0.25) is 11.8 Å². The van der Waals surface area contributed by atoms with Crippen molar-refractivity contribution in [2.75, 3.05) is 6.54 Å². The number of carbonyl (C=O) groups excluding carboxylic acids is 3. The molecule has 3 N–H and O–H groups in total. The van der Waals surface area contributed by atoms with Crippen molar-refractivity contribution in [2.45, 2.75) is 45.6 Å². The van der Waals surface area contributed by atoms with Crippen molar-refractivity contribution in [3.8, 4) is 6.07 Å². The standard InChI is InChI=1S/C23H27ClN4O3/c1-13(2)8-16(23(31)27-17(12-25)9-15-6-7-26-22(15)30)11-20(29)19-10-14-4-3-5-18(24)21(14)28-19/h3-5,10,13,15-17,28H,6-9,11H2,1-2H3,(H,26,30)(H,27,31)/t15-,16+,17-/m0/s1. The predicted molar refractivity (Wildman–Crippen MR) is 118 cm³/mol. The van der Waals surface area contributed by atoms with Gasteiger partial charge < -0.3 is 15.6 Å². The number of fused-ring (bicyclic) bond motifs is 1. The summed E-state index contributed by atoms with van der Waals surface area (Å²) in [4.78, 5) is 40.7. The molecule has 0 radical (unpaired) electrons. The Morgan fingerprint density at radius 3 is 2.74 bits per heavy atom. The molecule has 0 aliphatic carbocycles. The number of amides is 2. The minimum atomic E-state index is -0.766. The number of nitrogens with zero attached hydrogens (tertiary/aromatic N) is 1. The number of Topliss-reactive ketones (excluding diaryl/α,β-unsaturated/α-hetero) is 1. The molecular weight excluding hydrogens is 416 g/mol. The quantitative estimate of drug-likeness (QED) is 0.514. The van der Waals surface area contributed by atoms with Gasteiger partial charge in [-0.05, 0) is 37.3 Å². The minimum absolute atomic E-state index is 0.0243. The Morgan fingerprint density at radius 2 is 2.13 bits per heavy atom. The maximum Gasteiger partial charge on any atom is 0.224 e. The molecule has 1 aromatic heterocycles. The molecule has 1 fully saturated rings. The van der Waals surface area contributed by atoms with Crippen LogP contribution >= 0.6 is 11.6 Å². The monoisotopic (exact) mass is 442 g/mol. The van der Waals surface area contributed by atoms with Gasteiger partial charge in [0.15, 0.2) is 5.78 Å². The average Bonchev–Trinajstić information content (AvgIpc) is 3.33. The number of rotatable bonds is 9. The number of nitriles is 1. The highest BCUT2D eigenvalue weighted by Crippen LogP contribution is 2.26. The van der Waals surface area contributed by atoms with Gasteiger partial charge in [-0.3, -0.25) is 14.4 Å². The highest BCUT2D eigenvalue weighted by Gasteiger charge is 2.30. The fourth-order valence-corrected chi connectivity index (χ4v) is 4.27. The third kappa shape index (κ3) is 5.65. The molecule has 3 atom stereocenters. The lowest BCUT2D eigenvalue weighted by atomic mass is 9.90. The van der Waals surface area contributed by atoms with Gasteiger partial charge in [-0.25, -0.2) is 0 Å². The summed E-state index contributed by atoms with van der Waals surface area (Å²) >= 11 is 6.19. The van der Waals surface area contributed by atoms with Crippen LogP contribution in [0.4, 0.5) is 0 Å². The number of carbonyl (C=O) groups is 3. The average molecular weight is 443 g/mol. The molecule has 31 heavy (non-hydrogen) atoms. The molecule has 1 saturated heterocycles. The normalized spacial score (nSPS) is 17.9. The van der Waals surface area contributed by atoms with E-state index in [9.17, 15) is 19.6 Å². The van der Waals surface area contributed by atoms with Crippen LogP contribution in [0.5, 0.6) is 0 Å². The van der Waals surface area contributed by atoms with Crippen molar-refractivity contribution in [3.05, 3.63) is 35.0 Å². The fraction of sp³-hybridized carbons (Fsp3) is 0.478. The molecule has 2 amide bonds.